The first kappa shape index (κ1) is 12.1. The van der Waals surface area contributed by atoms with Gasteiger partial charge in [0.15, 0.2) is 0 Å². The van der Waals surface area contributed by atoms with Gasteiger partial charge in [0.2, 0.25) is 5.91 Å². The molecule has 0 spiro atoms. The molecule has 1 amide bonds. The molecule has 0 aromatic heterocycles. The van der Waals surface area contributed by atoms with Crippen molar-refractivity contribution in [3.63, 3.8) is 0 Å². The summed E-state index contributed by atoms with van der Waals surface area (Å²) < 4.78 is 0. The molecule has 0 aliphatic carbocycles. The van der Waals surface area contributed by atoms with Gasteiger partial charge in [-0.3, -0.25) is 4.79 Å². The number of anilines is 1. The van der Waals surface area contributed by atoms with Crippen molar-refractivity contribution in [2.75, 3.05) is 11.9 Å². The third-order valence-corrected chi connectivity index (χ3v) is 3.28. The van der Waals surface area contributed by atoms with Crippen molar-refractivity contribution in [2.24, 2.45) is 0 Å². The molecule has 1 aromatic rings. The maximum atomic E-state index is 12.1. The van der Waals surface area contributed by atoms with Gasteiger partial charge in [-0.05, 0) is 50.4 Å². The highest BCUT2D eigenvalue weighted by molar-refractivity contribution is 5.95. The third-order valence-electron chi connectivity index (χ3n) is 3.28. The van der Waals surface area contributed by atoms with Gasteiger partial charge in [-0.1, -0.05) is 18.6 Å². The fourth-order valence-electron chi connectivity index (χ4n) is 2.17. The molecule has 0 unspecified atom stereocenters. The second kappa shape index (κ2) is 5.32. The highest BCUT2D eigenvalue weighted by Crippen LogP contribution is 2.17. The number of piperidine rings is 1. The van der Waals surface area contributed by atoms with Crippen LogP contribution in [0.25, 0.3) is 0 Å². The van der Waals surface area contributed by atoms with Gasteiger partial charge in [0.25, 0.3) is 0 Å². The summed E-state index contributed by atoms with van der Waals surface area (Å²) in [6.45, 7) is 5.00. The van der Waals surface area contributed by atoms with Crippen molar-refractivity contribution in [1.82, 2.24) is 5.32 Å². The van der Waals surface area contributed by atoms with E-state index in [1.807, 2.05) is 26.0 Å². The first-order valence-corrected chi connectivity index (χ1v) is 6.28. The first-order valence-electron chi connectivity index (χ1n) is 6.28. The Bertz CT molecular complexity index is 409. The Morgan fingerprint density at radius 2 is 2.18 bits per heavy atom. The fourth-order valence-corrected chi connectivity index (χ4v) is 2.17. The Labute approximate surface area is 103 Å². The van der Waals surface area contributed by atoms with Crippen LogP contribution in [0.3, 0.4) is 0 Å². The summed E-state index contributed by atoms with van der Waals surface area (Å²) in [5.74, 6) is 0.0957. The topological polar surface area (TPSA) is 41.1 Å². The summed E-state index contributed by atoms with van der Waals surface area (Å²) >= 11 is 0. The molecule has 1 aromatic carbocycles. The lowest BCUT2D eigenvalue weighted by molar-refractivity contribution is -0.118. The Morgan fingerprint density at radius 1 is 1.35 bits per heavy atom. The zero-order chi connectivity index (χ0) is 12.3. The summed E-state index contributed by atoms with van der Waals surface area (Å²) in [5.41, 5.74) is 3.21. The number of hydrogen-bond acceptors (Lipinski definition) is 2. The lowest BCUT2D eigenvalue weighted by atomic mass is 10.0. The molecule has 1 atom stereocenters. The zero-order valence-corrected chi connectivity index (χ0v) is 10.5. The Balaban J connectivity index is 2.04. The smallest absolute Gasteiger partial charge is 0.241 e. The van der Waals surface area contributed by atoms with E-state index in [1.165, 1.54) is 12.0 Å². The highest BCUT2D eigenvalue weighted by atomic mass is 16.2. The molecule has 92 valence electrons. The monoisotopic (exact) mass is 232 g/mol. The average molecular weight is 232 g/mol. The normalized spacial score (nSPS) is 20.0. The van der Waals surface area contributed by atoms with Crippen molar-refractivity contribution in [3.05, 3.63) is 29.3 Å². The second-order valence-corrected chi connectivity index (χ2v) is 4.81. The van der Waals surface area contributed by atoms with Crippen LogP contribution in [0.2, 0.25) is 0 Å². The lowest BCUT2D eigenvalue weighted by Crippen LogP contribution is -2.43. The largest absolute Gasteiger partial charge is 0.324 e. The van der Waals surface area contributed by atoms with E-state index in [2.05, 4.69) is 16.7 Å². The van der Waals surface area contributed by atoms with Crippen LogP contribution < -0.4 is 10.6 Å². The number of hydrogen-bond donors (Lipinski definition) is 2. The van der Waals surface area contributed by atoms with Crippen molar-refractivity contribution < 1.29 is 4.79 Å². The van der Waals surface area contributed by atoms with Crippen LogP contribution in [-0.2, 0) is 4.79 Å². The molecule has 1 aliphatic rings. The van der Waals surface area contributed by atoms with Crippen LogP contribution >= 0.6 is 0 Å². The van der Waals surface area contributed by atoms with E-state index in [0.29, 0.717) is 0 Å². The summed E-state index contributed by atoms with van der Waals surface area (Å²) in [4.78, 5) is 12.1. The van der Waals surface area contributed by atoms with Gasteiger partial charge in [-0.15, -0.1) is 0 Å². The van der Waals surface area contributed by atoms with Gasteiger partial charge in [0.1, 0.15) is 0 Å². The minimum Gasteiger partial charge on any atom is -0.324 e. The van der Waals surface area contributed by atoms with Crippen LogP contribution in [0, 0.1) is 13.8 Å². The molecule has 3 heteroatoms. The van der Waals surface area contributed by atoms with E-state index in [-0.39, 0.29) is 11.9 Å². The lowest BCUT2D eigenvalue weighted by Gasteiger charge is -2.23. The Kier molecular flexibility index (Phi) is 3.79. The number of carbonyl (C=O) groups is 1. The number of nitrogens with one attached hydrogen (secondary N) is 2. The van der Waals surface area contributed by atoms with E-state index in [9.17, 15) is 4.79 Å². The van der Waals surface area contributed by atoms with Gasteiger partial charge >= 0.3 is 0 Å². The quantitative estimate of drug-likeness (QED) is 0.822. The summed E-state index contributed by atoms with van der Waals surface area (Å²) in [7, 11) is 0. The predicted molar refractivity (Wildman–Crippen MR) is 70.2 cm³/mol. The molecule has 1 heterocycles. The predicted octanol–water partition coefficient (Wildman–Crippen LogP) is 2.38. The van der Waals surface area contributed by atoms with Crippen molar-refractivity contribution in [2.45, 2.75) is 39.2 Å². The van der Waals surface area contributed by atoms with Crippen LogP contribution in [-0.4, -0.2) is 18.5 Å². The molecule has 1 saturated heterocycles. The van der Waals surface area contributed by atoms with E-state index in [0.717, 1.165) is 30.6 Å². The van der Waals surface area contributed by atoms with Gasteiger partial charge in [-0.2, -0.15) is 0 Å². The maximum Gasteiger partial charge on any atom is 0.241 e. The molecule has 0 bridgehead atoms. The van der Waals surface area contributed by atoms with Gasteiger partial charge in [-0.25, -0.2) is 0 Å². The van der Waals surface area contributed by atoms with Crippen molar-refractivity contribution in [1.29, 1.82) is 0 Å². The standard InChI is InChI=1S/C14H20N2O/c1-10-6-7-11(2)13(9-10)16-14(17)12-5-3-4-8-15-12/h6-7,9,12,15H,3-5,8H2,1-2H3,(H,16,17)/t12-/m1/s1. The maximum absolute atomic E-state index is 12.1. The number of benzene rings is 1. The molecule has 1 aliphatic heterocycles. The molecular weight excluding hydrogens is 212 g/mol. The SMILES string of the molecule is Cc1ccc(C)c(NC(=O)[C@H]2CCCCN2)c1. The number of amides is 1. The van der Waals surface area contributed by atoms with Crippen LogP contribution in [0.5, 0.6) is 0 Å². The van der Waals surface area contributed by atoms with Gasteiger partial charge < -0.3 is 10.6 Å². The van der Waals surface area contributed by atoms with E-state index in [1.54, 1.807) is 0 Å². The zero-order valence-electron chi connectivity index (χ0n) is 10.5. The van der Waals surface area contributed by atoms with E-state index < -0.39 is 0 Å². The summed E-state index contributed by atoms with van der Waals surface area (Å²) in [6.07, 6.45) is 3.25. The van der Waals surface area contributed by atoms with Crippen molar-refractivity contribution in [3.8, 4) is 0 Å². The van der Waals surface area contributed by atoms with Gasteiger partial charge in [0, 0.05) is 5.69 Å². The number of aryl methyl sites for hydroxylation is 2. The molecule has 0 saturated carbocycles. The minimum atomic E-state index is -0.0244. The highest BCUT2D eigenvalue weighted by Gasteiger charge is 2.20. The molecule has 0 radical (unpaired) electrons. The van der Waals surface area contributed by atoms with Crippen LogP contribution in [0.15, 0.2) is 18.2 Å². The third kappa shape index (κ3) is 3.07. The van der Waals surface area contributed by atoms with E-state index in [4.69, 9.17) is 0 Å². The average Bonchev–Trinajstić information content (AvgIpc) is 2.35. The molecular formula is C14H20N2O. The summed E-state index contributed by atoms with van der Waals surface area (Å²) in [5, 5.41) is 6.28. The molecule has 3 nitrogen and oxygen atoms in total. The van der Waals surface area contributed by atoms with Crippen LogP contribution in [0.4, 0.5) is 5.69 Å². The Hall–Kier alpha value is -1.35. The molecule has 1 fully saturated rings. The number of rotatable bonds is 2. The van der Waals surface area contributed by atoms with Crippen molar-refractivity contribution >= 4 is 11.6 Å². The van der Waals surface area contributed by atoms with Gasteiger partial charge in [0.05, 0.1) is 6.04 Å². The fraction of sp³-hybridized carbons (Fsp3) is 0.500. The molecule has 2 rings (SSSR count). The number of carbonyl (C=O) groups excluding carboxylic acids is 1. The Morgan fingerprint density at radius 3 is 2.88 bits per heavy atom. The first-order chi connectivity index (χ1) is 8.16. The second-order valence-electron chi connectivity index (χ2n) is 4.81. The summed E-state index contributed by atoms with van der Waals surface area (Å²) in [6, 6.07) is 6.10. The van der Waals surface area contributed by atoms with Crippen LogP contribution in [0.1, 0.15) is 30.4 Å². The minimum absolute atomic E-state index is 0.0244. The molecule has 17 heavy (non-hydrogen) atoms. The molecule has 2 N–H and O–H groups in total. The van der Waals surface area contributed by atoms with E-state index >= 15 is 0 Å².